The van der Waals surface area contributed by atoms with E-state index >= 15 is 0 Å². The van der Waals surface area contributed by atoms with Gasteiger partial charge >= 0.3 is 0 Å². The van der Waals surface area contributed by atoms with Crippen LogP contribution in [0.1, 0.15) is 25.3 Å². The van der Waals surface area contributed by atoms with Crippen LogP contribution in [-0.2, 0) is 4.79 Å². The minimum Gasteiger partial charge on any atom is -0.389 e. The monoisotopic (exact) mass is 236 g/mol. The zero-order chi connectivity index (χ0) is 12.9. The lowest BCUT2D eigenvalue weighted by Crippen LogP contribution is -2.41. The van der Waals surface area contributed by atoms with Crippen molar-refractivity contribution in [3.63, 3.8) is 0 Å². The van der Waals surface area contributed by atoms with E-state index in [0.29, 0.717) is 0 Å². The number of nitrogens with two attached hydrogens (primary N) is 1. The number of carbonyl (C=O) groups is 1. The molecule has 1 aromatic rings. The predicted molar refractivity (Wildman–Crippen MR) is 67.5 cm³/mol. The first-order valence-electron chi connectivity index (χ1n) is 5.69. The molecule has 0 fully saturated rings. The molecule has 0 aliphatic carbocycles. The molecule has 1 aromatic carbocycles. The van der Waals surface area contributed by atoms with E-state index in [2.05, 4.69) is 5.32 Å². The van der Waals surface area contributed by atoms with Crippen LogP contribution in [0.25, 0.3) is 0 Å². The Bertz CT molecular complexity index is 357. The van der Waals surface area contributed by atoms with Gasteiger partial charge in [-0.05, 0) is 19.4 Å². The van der Waals surface area contributed by atoms with Crippen LogP contribution in [0.2, 0.25) is 0 Å². The molecule has 0 spiro atoms. The van der Waals surface area contributed by atoms with Crippen LogP contribution >= 0.6 is 0 Å². The van der Waals surface area contributed by atoms with Gasteiger partial charge in [-0.15, -0.1) is 0 Å². The van der Waals surface area contributed by atoms with Gasteiger partial charge in [-0.25, -0.2) is 0 Å². The van der Waals surface area contributed by atoms with Crippen LogP contribution in [-0.4, -0.2) is 29.7 Å². The van der Waals surface area contributed by atoms with Crippen LogP contribution < -0.4 is 11.1 Å². The first-order chi connectivity index (χ1) is 7.94. The molecule has 0 aliphatic rings. The third-order valence-corrected chi connectivity index (χ3v) is 2.45. The molecule has 4 nitrogen and oxygen atoms in total. The van der Waals surface area contributed by atoms with Crippen molar-refractivity contribution in [2.24, 2.45) is 5.73 Å². The zero-order valence-corrected chi connectivity index (χ0v) is 10.3. The summed E-state index contributed by atoms with van der Waals surface area (Å²) in [5.74, 6) is -0.514. The minimum absolute atomic E-state index is 0.152. The molecule has 1 rings (SSSR count). The maximum Gasteiger partial charge on any atom is 0.228 e. The van der Waals surface area contributed by atoms with Crippen molar-refractivity contribution in [2.45, 2.75) is 25.4 Å². The SMILES string of the molecule is CC(C)(O)CNC(=O)C(CN)c1ccccc1. The highest BCUT2D eigenvalue weighted by Gasteiger charge is 2.21. The molecule has 0 radical (unpaired) electrons. The van der Waals surface area contributed by atoms with Crippen LogP contribution in [0.3, 0.4) is 0 Å². The Labute approximate surface area is 102 Å². The summed E-state index contributed by atoms with van der Waals surface area (Å²) in [5, 5.41) is 12.2. The van der Waals surface area contributed by atoms with Crippen molar-refractivity contribution in [3.05, 3.63) is 35.9 Å². The molecule has 0 heterocycles. The van der Waals surface area contributed by atoms with Gasteiger partial charge in [0.05, 0.1) is 11.5 Å². The highest BCUT2D eigenvalue weighted by Crippen LogP contribution is 2.14. The van der Waals surface area contributed by atoms with Gasteiger partial charge in [-0.2, -0.15) is 0 Å². The van der Waals surface area contributed by atoms with Gasteiger partial charge in [-0.3, -0.25) is 4.79 Å². The third-order valence-electron chi connectivity index (χ3n) is 2.45. The Morgan fingerprint density at radius 2 is 2.00 bits per heavy atom. The molecule has 0 bridgehead atoms. The predicted octanol–water partition coefficient (Wildman–Crippen LogP) is 0.616. The Morgan fingerprint density at radius 3 is 2.47 bits per heavy atom. The molecule has 0 aliphatic heterocycles. The first-order valence-corrected chi connectivity index (χ1v) is 5.69. The van der Waals surface area contributed by atoms with Crippen molar-refractivity contribution in [2.75, 3.05) is 13.1 Å². The smallest absolute Gasteiger partial charge is 0.228 e. The Balaban J connectivity index is 2.66. The summed E-state index contributed by atoms with van der Waals surface area (Å²) in [6.45, 7) is 3.76. The van der Waals surface area contributed by atoms with E-state index in [0.717, 1.165) is 5.56 Å². The summed E-state index contributed by atoms with van der Waals surface area (Å²) in [7, 11) is 0. The van der Waals surface area contributed by atoms with Crippen molar-refractivity contribution in [3.8, 4) is 0 Å². The molecule has 0 aromatic heterocycles. The van der Waals surface area contributed by atoms with Crippen molar-refractivity contribution >= 4 is 5.91 Å². The summed E-state index contributed by atoms with van der Waals surface area (Å²) >= 11 is 0. The van der Waals surface area contributed by atoms with Gasteiger partial charge in [0.25, 0.3) is 0 Å². The number of hydrogen-bond acceptors (Lipinski definition) is 3. The lowest BCUT2D eigenvalue weighted by Gasteiger charge is -2.21. The number of nitrogens with one attached hydrogen (secondary N) is 1. The van der Waals surface area contributed by atoms with Gasteiger partial charge in [0.2, 0.25) is 5.91 Å². The molecule has 0 saturated carbocycles. The van der Waals surface area contributed by atoms with Gasteiger partial charge in [0, 0.05) is 13.1 Å². The molecular weight excluding hydrogens is 216 g/mol. The summed E-state index contributed by atoms with van der Waals surface area (Å²) < 4.78 is 0. The van der Waals surface area contributed by atoms with Gasteiger partial charge in [-0.1, -0.05) is 30.3 Å². The fourth-order valence-corrected chi connectivity index (χ4v) is 1.51. The van der Waals surface area contributed by atoms with Gasteiger partial charge in [0.1, 0.15) is 0 Å². The van der Waals surface area contributed by atoms with E-state index in [1.807, 2.05) is 30.3 Å². The largest absolute Gasteiger partial charge is 0.389 e. The van der Waals surface area contributed by atoms with Crippen molar-refractivity contribution < 1.29 is 9.90 Å². The maximum atomic E-state index is 11.9. The minimum atomic E-state index is -0.911. The Hall–Kier alpha value is -1.39. The maximum absolute atomic E-state index is 11.9. The number of hydrogen-bond donors (Lipinski definition) is 3. The lowest BCUT2D eigenvalue weighted by molar-refractivity contribution is -0.123. The summed E-state index contributed by atoms with van der Waals surface area (Å²) in [5.41, 5.74) is 5.60. The molecule has 0 saturated heterocycles. The van der Waals surface area contributed by atoms with E-state index in [1.165, 1.54) is 0 Å². The topological polar surface area (TPSA) is 75.3 Å². The van der Waals surface area contributed by atoms with Crippen LogP contribution in [0.4, 0.5) is 0 Å². The van der Waals surface area contributed by atoms with E-state index < -0.39 is 5.60 Å². The average molecular weight is 236 g/mol. The number of aliphatic hydroxyl groups is 1. The van der Waals surface area contributed by atoms with Gasteiger partial charge in [0.15, 0.2) is 0 Å². The lowest BCUT2D eigenvalue weighted by atomic mass is 9.98. The average Bonchev–Trinajstić information content (AvgIpc) is 2.28. The number of rotatable bonds is 5. The van der Waals surface area contributed by atoms with Gasteiger partial charge < -0.3 is 16.2 Å². The number of benzene rings is 1. The number of amides is 1. The Morgan fingerprint density at radius 1 is 1.41 bits per heavy atom. The summed E-state index contributed by atoms with van der Waals surface area (Å²) in [6.07, 6.45) is 0. The highest BCUT2D eigenvalue weighted by molar-refractivity contribution is 5.83. The molecular formula is C13H20N2O2. The van der Waals surface area contributed by atoms with E-state index in [4.69, 9.17) is 5.73 Å². The van der Waals surface area contributed by atoms with E-state index in [-0.39, 0.29) is 24.9 Å². The second kappa shape index (κ2) is 5.80. The summed E-state index contributed by atoms with van der Waals surface area (Å²) in [4.78, 5) is 11.9. The normalized spacial score (nSPS) is 13.2. The molecule has 17 heavy (non-hydrogen) atoms. The molecule has 4 N–H and O–H groups in total. The van der Waals surface area contributed by atoms with Crippen LogP contribution in [0, 0.1) is 0 Å². The molecule has 1 unspecified atom stereocenters. The highest BCUT2D eigenvalue weighted by atomic mass is 16.3. The van der Waals surface area contributed by atoms with Crippen LogP contribution in [0.15, 0.2) is 30.3 Å². The van der Waals surface area contributed by atoms with Crippen LogP contribution in [0.5, 0.6) is 0 Å². The third kappa shape index (κ3) is 4.54. The standard InChI is InChI=1S/C13H20N2O2/c1-13(2,17)9-15-12(16)11(8-14)10-6-4-3-5-7-10/h3-7,11,17H,8-9,14H2,1-2H3,(H,15,16). The molecule has 1 amide bonds. The first kappa shape index (κ1) is 13.7. The molecule has 94 valence electrons. The molecule has 1 atom stereocenters. The molecule has 4 heteroatoms. The fourth-order valence-electron chi connectivity index (χ4n) is 1.51. The van der Waals surface area contributed by atoms with Crippen molar-refractivity contribution in [1.29, 1.82) is 0 Å². The van der Waals surface area contributed by atoms with E-state index in [1.54, 1.807) is 13.8 Å². The second-order valence-electron chi connectivity index (χ2n) is 4.73. The van der Waals surface area contributed by atoms with Crippen molar-refractivity contribution in [1.82, 2.24) is 5.32 Å². The summed E-state index contributed by atoms with van der Waals surface area (Å²) in [6, 6.07) is 9.40. The Kier molecular flexibility index (Phi) is 4.66. The zero-order valence-electron chi connectivity index (χ0n) is 10.3. The van der Waals surface area contributed by atoms with E-state index in [9.17, 15) is 9.90 Å². The fraction of sp³-hybridized carbons (Fsp3) is 0.462. The number of carbonyl (C=O) groups excluding carboxylic acids is 1. The quantitative estimate of drug-likeness (QED) is 0.701. The second-order valence-corrected chi connectivity index (χ2v) is 4.73.